The average molecular weight is 1000 g/mol. The zero-order chi connectivity index (χ0) is 50.5. The Morgan fingerprint density at radius 2 is 1.75 bits per heavy atom. The van der Waals surface area contributed by atoms with Crippen LogP contribution in [0.5, 0.6) is 23.1 Å². The lowest BCUT2D eigenvalue weighted by Crippen LogP contribution is -2.54. The minimum Gasteiger partial charge on any atom is -0.489 e. The maximum Gasteiger partial charge on any atom is 0.297 e. The highest BCUT2D eigenvalue weighted by Gasteiger charge is 2.50. The van der Waals surface area contributed by atoms with Gasteiger partial charge in [0.1, 0.15) is 24.6 Å². The van der Waals surface area contributed by atoms with E-state index < -0.39 is 31.4 Å². The Hall–Kier alpha value is -5.91. The summed E-state index contributed by atoms with van der Waals surface area (Å²) in [6.45, 7) is 13.0. The van der Waals surface area contributed by atoms with E-state index in [4.69, 9.17) is 19.2 Å². The molecule has 5 heterocycles. The average Bonchev–Trinajstić information content (AvgIpc) is 4.02. The number of sulfonamides is 1. The number of amides is 1. The minimum atomic E-state index is -4.69. The van der Waals surface area contributed by atoms with Gasteiger partial charge in [-0.25, -0.2) is 13.1 Å². The Morgan fingerprint density at radius 3 is 2.49 bits per heavy atom. The lowest BCUT2D eigenvalue weighted by molar-refractivity contribution is -0.384. The van der Waals surface area contributed by atoms with Crippen LogP contribution in [0.1, 0.15) is 125 Å². The maximum absolute atomic E-state index is 14.4. The first-order chi connectivity index (χ1) is 34.4. The number of benzene rings is 3. The van der Waals surface area contributed by atoms with Crippen molar-refractivity contribution in [2.75, 3.05) is 63.7 Å². The van der Waals surface area contributed by atoms with Crippen LogP contribution in [-0.2, 0) is 10.0 Å². The van der Waals surface area contributed by atoms with Crippen LogP contribution in [0.25, 0.3) is 11.0 Å². The number of rotatable bonds is 15. The molecular weight excluding hydrogens is 933 g/mol. The maximum atomic E-state index is 14.4. The summed E-state index contributed by atoms with van der Waals surface area (Å²) in [6, 6.07) is 20.9. The van der Waals surface area contributed by atoms with Gasteiger partial charge >= 0.3 is 0 Å². The molecular formula is C55H70N8O8S. The van der Waals surface area contributed by atoms with Gasteiger partial charge in [-0.2, -0.15) is 4.98 Å². The number of carbonyl (C=O) groups excluding carboxylic acids is 1. The second kappa shape index (κ2) is 19.8. The molecule has 1 amide bonds. The fourth-order valence-corrected chi connectivity index (χ4v) is 13.1. The van der Waals surface area contributed by atoms with E-state index in [0.29, 0.717) is 36.8 Å². The SMILES string of the molecule is CC(C)c1ccccc1[C@H]1CCCN1C1CC2(CCN(c3ccc(C(=O)NS(=O)(=O)c4cc5c(c([N+](=O)[O-])c4)N[C@@H](C4CCC(C)(C)CC4)CO5)c(Oc4cc5cc[nH]c5nc4OCCN(C)C)c3)CC2)C1. The molecule has 17 heteroatoms. The number of hydrogen-bond donors (Lipinski definition) is 3. The highest BCUT2D eigenvalue weighted by Crippen LogP contribution is 2.55. The van der Waals surface area contributed by atoms with Crippen LogP contribution in [-0.4, -0.2) is 105 Å². The van der Waals surface area contributed by atoms with Gasteiger partial charge in [-0.15, -0.1) is 0 Å². The van der Waals surface area contributed by atoms with Crippen molar-refractivity contribution in [2.24, 2.45) is 16.7 Å². The molecule has 5 aromatic rings. The van der Waals surface area contributed by atoms with E-state index in [2.05, 4.69) is 76.8 Å². The molecule has 4 fully saturated rings. The van der Waals surface area contributed by atoms with Gasteiger partial charge in [0.2, 0.25) is 0 Å². The summed E-state index contributed by atoms with van der Waals surface area (Å²) < 4.78 is 49.5. The summed E-state index contributed by atoms with van der Waals surface area (Å²) in [5.41, 5.74) is 4.52. The normalized spacial score (nSPS) is 21.3. The highest BCUT2D eigenvalue weighted by atomic mass is 32.2. The van der Waals surface area contributed by atoms with E-state index in [9.17, 15) is 23.3 Å². The third kappa shape index (κ3) is 10.2. The number of carbonyl (C=O) groups is 1. The minimum absolute atomic E-state index is 0.0422. The molecule has 2 saturated heterocycles. The number of anilines is 2. The number of hydrogen-bond acceptors (Lipinski definition) is 13. The van der Waals surface area contributed by atoms with E-state index in [0.717, 1.165) is 75.3 Å². The van der Waals surface area contributed by atoms with Crippen LogP contribution in [0.15, 0.2) is 77.8 Å². The molecule has 72 heavy (non-hydrogen) atoms. The molecule has 2 atom stereocenters. The molecule has 2 aliphatic carbocycles. The Kier molecular flexibility index (Phi) is 13.7. The van der Waals surface area contributed by atoms with E-state index in [1.54, 1.807) is 24.4 Å². The van der Waals surface area contributed by atoms with Gasteiger partial charge in [0.25, 0.3) is 27.5 Å². The number of pyridine rings is 1. The van der Waals surface area contributed by atoms with Crippen LogP contribution in [0.3, 0.4) is 0 Å². The third-order valence-corrected chi connectivity index (χ3v) is 17.7. The summed E-state index contributed by atoms with van der Waals surface area (Å²) >= 11 is 0. The number of nitrogens with one attached hydrogen (secondary N) is 3. The number of nitro benzene ring substituents is 1. The topological polar surface area (TPSA) is 184 Å². The van der Waals surface area contributed by atoms with Gasteiger partial charge in [0, 0.05) is 67.2 Å². The van der Waals surface area contributed by atoms with Crippen molar-refractivity contribution in [2.45, 2.75) is 121 Å². The molecule has 3 aliphatic heterocycles. The summed E-state index contributed by atoms with van der Waals surface area (Å²) in [6.07, 6.45) is 12.6. The number of nitrogens with zero attached hydrogens (tertiary/aromatic N) is 5. The number of piperidine rings is 1. The number of likely N-dealkylation sites (tertiary alicyclic amines) is 1. The first-order valence-electron chi connectivity index (χ1n) is 25.9. The molecule has 1 spiro atoms. The highest BCUT2D eigenvalue weighted by molar-refractivity contribution is 7.90. The fourth-order valence-electron chi connectivity index (χ4n) is 12.1. The molecule has 2 aromatic heterocycles. The third-order valence-electron chi connectivity index (χ3n) is 16.4. The monoisotopic (exact) mass is 1000 g/mol. The molecule has 0 bridgehead atoms. The number of ether oxygens (including phenoxy) is 3. The van der Waals surface area contributed by atoms with Crippen LogP contribution >= 0.6 is 0 Å². The fraction of sp³-hybridized carbons (Fsp3) is 0.527. The first kappa shape index (κ1) is 49.7. The Labute approximate surface area is 423 Å². The largest absolute Gasteiger partial charge is 0.489 e. The van der Waals surface area contributed by atoms with Crippen LogP contribution < -0.4 is 29.1 Å². The smallest absolute Gasteiger partial charge is 0.297 e. The van der Waals surface area contributed by atoms with E-state index in [-0.39, 0.29) is 63.8 Å². The quantitative estimate of drug-likeness (QED) is 0.0666. The number of likely N-dealkylation sites (N-methyl/N-ethyl adjacent to an activating group) is 1. The van der Waals surface area contributed by atoms with Crippen LogP contribution in [0.2, 0.25) is 0 Å². The molecule has 16 nitrogen and oxygen atoms in total. The van der Waals surface area contributed by atoms with E-state index >= 15 is 0 Å². The number of H-pyrrole nitrogens is 1. The van der Waals surface area contributed by atoms with Crippen LogP contribution in [0, 0.1) is 26.9 Å². The van der Waals surface area contributed by atoms with Gasteiger partial charge in [0.05, 0.1) is 21.4 Å². The number of aromatic amines is 1. The number of nitro groups is 1. The zero-order valence-electron chi connectivity index (χ0n) is 42.5. The molecule has 10 rings (SSSR count). The van der Waals surface area contributed by atoms with Crippen molar-refractivity contribution < 1.29 is 32.3 Å². The van der Waals surface area contributed by atoms with Gasteiger partial charge in [-0.1, -0.05) is 52.0 Å². The lowest BCUT2D eigenvalue weighted by Gasteiger charge is -2.56. The Bertz CT molecular complexity index is 2930. The van der Waals surface area contributed by atoms with Gasteiger partial charge in [-0.05, 0) is 143 Å². The molecule has 5 aliphatic rings. The molecule has 0 radical (unpaired) electrons. The lowest BCUT2D eigenvalue weighted by atomic mass is 9.59. The molecule has 2 saturated carbocycles. The van der Waals surface area contributed by atoms with Crippen molar-refractivity contribution in [3.8, 4) is 23.1 Å². The van der Waals surface area contributed by atoms with Crippen LogP contribution in [0.4, 0.5) is 17.1 Å². The van der Waals surface area contributed by atoms with Gasteiger partial charge in [-0.3, -0.25) is 19.8 Å². The summed E-state index contributed by atoms with van der Waals surface area (Å²) in [7, 11) is -0.806. The second-order valence-electron chi connectivity index (χ2n) is 22.4. The summed E-state index contributed by atoms with van der Waals surface area (Å²) in [5, 5.41) is 16.6. The predicted molar refractivity (Wildman–Crippen MR) is 279 cm³/mol. The second-order valence-corrected chi connectivity index (χ2v) is 24.1. The standard InChI is InChI=1S/C55H70N8O8S/c1-35(2)41-10-7-8-11-42(41)45-12-9-23-62(45)39-32-55(33-39)20-24-61(25-21-55)38-13-14-43(47(29-38)71-49-28-37-17-22-56-51(37)58-53(49)69-27-26-60(5)6)52(64)59-72(67,68)40-30-46(63(65)66)50-48(31-40)70-34-44(57-50)36-15-18-54(3,4)19-16-36/h7-8,10-11,13-14,17,22,28-31,35-36,39,44-45,57H,9,12,15-16,18-21,23-27,32-34H2,1-6H3,(H,56,58)(H,59,64)/t44-,45-/m1/s1. The zero-order valence-corrected chi connectivity index (χ0v) is 43.4. The Morgan fingerprint density at radius 1 is 0.986 bits per heavy atom. The molecule has 0 unspecified atom stereocenters. The molecule has 3 aromatic carbocycles. The van der Waals surface area contributed by atoms with Crippen molar-refractivity contribution in [3.63, 3.8) is 0 Å². The molecule has 384 valence electrons. The van der Waals surface area contributed by atoms with Gasteiger partial charge in [0.15, 0.2) is 17.2 Å². The van der Waals surface area contributed by atoms with Crippen molar-refractivity contribution in [3.05, 3.63) is 99.7 Å². The van der Waals surface area contributed by atoms with Crippen molar-refractivity contribution in [1.29, 1.82) is 0 Å². The Balaban J connectivity index is 0.892. The molecule has 3 N–H and O–H groups in total. The number of fused-ring (bicyclic) bond motifs is 2. The van der Waals surface area contributed by atoms with Crippen molar-refractivity contribution in [1.82, 2.24) is 24.5 Å². The van der Waals surface area contributed by atoms with Gasteiger partial charge < -0.3 is 34.3 Å². The van der Waals surface area contributed by atoms with E-state index in [1.165, 1.54) is 42.9 Å². The van der Waals surface area contributed by atoms with Crippen molar-refractivity contribution >= 4 is 44.0 Å². The van der Waals surface area contributed by atoms with E-state index in [1.807, 2.05) is 31.1 Å². The predicted octanol–water partition coefficient (Wildman–Crippen LogP) is 10.4. The number of aromatic nitrogens is 2. The first-order valence-corrected chi connectivity index (χ1v) is 27.4. The summed E-state index contributed by atoms with van der Waals surface area (Å²) in [5.74, 6) is 0.352. The summed E-state index contributed by atoms with van der Waals surface area (Å²) in [4.78, 5) is 40.8.